The predicted molar refractivity (Wildman–Crippen MR) is 127 cm³/mol. The van der Waals surface area contributed by atoms with Crippen LogP contribution in [0.3, 0.4) is 0 Å². The molecule has 0 radical (unpaired) electrons. The van der Waals surface area contributed by atoms with Crippen LogP contribution in [0, 0.1) is 0 Å². The summed E-state index contributed by atoms with van der Waals surface area (Å²) >= 11 is 5.86. The van der Waals surface area contributed by atoms with Crippen LogP contribution in [0.25, 0.3) is 11.1 Å². The molecule has 0 spiro atoms. The lowest BCUT2D eigenvalue weighted by Crippen LogP contribution is -2.40. The Labute approximate surface area is 182 Å². The van der Waals surface area contributed by atoms with Crippen molar-refractivity contribution in [3.8, 4) is 11.1 Å². The van der Waals surface area contributed by atoms with Crippen molar-refractivity contribution in [3.05, 3.63) is 54.1 Å². The summed E-state index contributed by atoms with van der Waals surface area (Å²) in [5.41, 5.74) is 9.09. The molecule has 2 rings (SSSR count). The zero-order chi connectivity index (χ0) is 21.2. The Hall–Kier alpha value is -1.96. The van der Waals surface area contributed by atoms with E-state index >= 15 is 0 Å². The molecule has 0 aliphatic heterocycles. The quantitative estimate of drug-likeness (QED) is 0.410. The van der Waals surface area contributed by atoms with Crippen molar-refractivity contribution in [1.29, 1.82) is 0 Å². The van der Waals surface area contributed by atoms with Gasteiger partial charge in [-0.25, -0.2) is 0 Å². The number of ketones is 1. The molecule has 0 saturated carbocycles. The molecule has 2 atom stereocenters. The van der Waals surface area contributed by atoms with Gasteiger partial charge in [-0.1, -0.05) is 30.3 Å². The maximum atomic E-state index is 13.0. The Bertz CT molecular complexity index is 815. The van der Waals surface area contributed by atoms with Gasteiger partial charge in [0, 0.05) is 29.6 Å². The van der Waals surface area contributed by atoms with E-state index in [0.717, 1.165) is 22.6 Å². The van der Waals surface area contributed by atoms with Gasteiger partial charge < -0.3 is 16.4 Å². The number of thioether (sulfide) groups is 1. The molecule has 0 unspecified atom stereocenters. The lowest BCUT2D eigenvalue weighted by molar-refractivity contribution is -0.118. The second kappa shape index (κ2) is 11.9. The molecule has 7 heteroatoms. The number of rotatable bonds is 11. The maximum Gasteiger partial charge on any atom is 0.252 e. The Morgan fingerprint density at radius 3 is 2.52 bits per heavy atom. The molecule has 29 heavy (non-hydrogen) atoms. The summed E-state index contributed by atoms with van der Waals surface area (Å²) < 4.78 is 0. The highest BCUT2D eigenvalue weighted by Gasteiger charge is 2.20. The number of amides is 1. The molecule has 2 aromatic carbocycles. The molecule has 0 bridgehead atoms. The van der Waals surface area contributed by atoms with E-state index in [1.54, 1.807) is 17.8 Å². The number of hydrogen-bond acceptors (Lipinski definition) is 6. The van der Waals surface area contributed by atoms with Gasteiger partial charge in [0.2, 0.25) is 0 Å². The monoisotopic (exact) mass is 431 g/mol. The number of carbonyl (C=O) groups is 2. The molecule has 0 aliphatic rings. The molecular formula is C22H29N3O2S2. The second-order valence-electron chi connectivity index (χ2n) is 6.87. The topological polar surface area (TPSA) is 84.2 Å². The average Bonchev–Trinajstić information content (AvgIpc) is 2.74. The molecule has 5 nitrogen and oxygen atoms in total. The van der Waals surface area contributed by atoms with E-state index in [1.807, 2.05) is 48.7 Å². The van der Waals surface area contributed by atoms with Crippen LogP contribution in [0.4, 0.5) is 5.69 Å². The van der Waals surface area contributed by atoms with Crippen molar-refractivity contribution in [2.75, 3.05) is 29.6 Å². The van der Waals surface area contributed by atoms with Gasteiger partial charge in [-0.2, -0.15) is 24.4 Å². The van der Waals surface area contributed by atoms with E-state index in [1.165, 1.54) is 6.92 Å². The third-order valence-electron chi connectivity index (χ3n) is 4.56. The minimum absolute atomic E-state index is 0.0345. The minimum atomic E-state index is -0.482. The largest absolute Gasteiger partial charge is 0.383 e. The predicted octanol–water partition coefficient (Wildman–Crippen LogP) is 3.46. The second-order valence-corrected chi connectivity index (χ2v) is 8.22. The summed E-state index contributed by atoms with van der Waals surface area (Å²) in [6.07, 6.45) is 2.60. The van der Waals surface area contributed by atoms with Crippen LogP contribution in [0.5, 0.6) is 0 Å². The van der Waals surface area contributed by atoms with Gasteiger partial charge in [-0.05, 0) is 54.7 Å². The summed E-state index contributed by atoms with van der Waals surface area (Å²) in [5.74, 6) is 1.11. The minimum Gasteiger partial charge on any atom is -0.383 e. The molecule has 0 aromatic heterocycles. The van der Waals surface area contributed by atoms with Gasteiger partial charge in [-0.3, -0.25) is 9.59 Å². The average molecular weight is 432 g/mol. The number of anilines is 1. The van der Waals surface area contributed by atoms with Gasteiger partial charge in [-0.15, -0.1) is 0 Å². The zero-order valence-corrected chi connectivity index (χ0v) is 18.6. The molecule has 0 saturated heterocycles. The number of nitrogens with two attached hydrogens (primary N) is 1. The Morgan fingerprint density at radius 1 is 1.17 bits per heavy atom. The van der Waals surface area contributed by atoms with Gasteiger partial charge in [0.25, 0.3) is 5.91 Å². The SMILES string of the molecule is CSCC[C@H](NC(=O)c1ccc(NC[C@@H](N)CS)cc1-c1ccccc1)C(C)=O. The highest BCUT2D eigenvalue weighted by Crippen LogP contribution is 2.27. The van der Waals surface area contributed by atoms with Crippen LogP contribution < -0.4 is 16.4 Å². The van der Waals surface area contributed by atoms with Crippen molar-refractivity contribution < 1.29 is 9.59 Å². The van der Waals surface area contributed by atoms with Crippen molar-refractivity contribution >= 4 is 41.8 Å². The normalized spacial score (nSPS) is 12.8. The van der Waals surface area contributed by atoms with Gasteiger partial charge in [0.05, 0.1) is 6.04 Å². The Kier molecular flexibility index (Phi) is 9.57. The Morgan fingerprint density at radius 2 is 1.90 bits per heavy atom. The summed E-state index contributed by atoms with van der Waals surface area (Å²) in [4.78, 5) is 25.0. The number of nitrogens with one attached hydrogen (secondary N) is 2. The third-order valence-corrected chi connectivity index (χ3v) is 5.67. The van der Waals surface area contributed by atoms with Crippen LogP contribution in [-0.4, -0.2) is 48.1 Å². The Balaban J connectivity index is 2.31. The van der Waals surface area contributed by atoms with Crippen LogP contribution in [0.15, 0.2) is 48.5 Å². The fourth-order valence-electron chi connectivity index (χ4n) is 2.87. The summed E-state index contributed by atoms with van der Waals surface area (Å²) in [6, 6.07) is 14.8. The summed E-state index contributed by atoms with van der Waals surface area (Å²) in [6.45, 7) is 2.10. The lowest BCUT2D eigenvalue weighted by Gasteiger charge is -2.18. The maximum absolute atomic E-state index is 13.0. The summed E-state index contributed by atoms with van der Waals surface area (Å²) in [7, 11) is 0. The van der Waals surface area contributed by atoms with Crippen LogP contribution in [0.2, 0.25) is 0 Å². The number of carbonyl (C=O) groups excluding carboxylic acids is 2. The first-order valence-corrected chi connectivity index (χ1v) is 11.6. The smallest absolute Gasteiger partial charge is 0.252 e. The van der Waals surface area contributed by atoms with E-state index in [9.17, 15) is 9.59 Å². The first kappa shape index (κ1) is 23.3. The third kappa shape index (κ3) is 7.10. The number of Topliss-reactive ketones (excluding diaryl/α,β-unsaturated/α-hetero) is 1. The fraction of sp³-hybridized carbons (Fsp3) is 0.364. The van der Waals surface area contributed by atoms with E-state index < -0.39 is 6.04 Å². The molecular weight excluding hydrogens is 402 g/mol. The van der Waals surface area contributed by atoms with Gasteiger partial charge >= 0.3 is 0 Å². The molecule has 0 fully saturated rings. The fourth-order valence-corrected chi connectivity index (χ4v) is 3.47. The zero-order valence-electron chi connectivity index (χ0n) is 16.9. The highest BCUT2D eigenvalue weighted by molar-refractivity contribution is 7.98. The molecule has 0 heterocycles. The number of hydrogen-bond donors (Lipinski definition) is 4. The van der Waals surface area contributed by atoms with E-state index in [0.29, 0.717) is 24.3 Å². The highest BCUT2D eigenvalue weighted by atomic mass is 32.2. The molecule has 4 N–H and O–H groups in total. The lowest BCUT2D eigenvalue weighted by atomic mass is 9.97. The van der Waals surface area contributed by atoms with E-state index in [-0.39, 0.29) is 17.7 Å². The molecule has 0 aliphatic carbocycles. The van der Waals surface area contributed by atoms with Crippen molar-refractivity contribution in [2.45, 2.75) is 25.4 Å². The van der Waals surface area contributed by atoms with E-state index in [2.05, 4.69) is 23.3 Å². The van der Waals surface area contributed by atoms with Gasteiger partial charge in [0.15, 0.2) is 5.78 Å². The molecule has 156 valence electrons. The van der Waals surface area contributed by atoms with E-state index in [4.69, 9.17) is 5.73 Å². The van der Waals surface area contributed by atoms with Crippen molar-refractivity contribution in [2.24, 2.45) is 5.73 Å². The molecule has 2 aromatic rings. The van der Waals surface area contributed by atoms with Gasteiger partial charge in [0.1, 0.15) is 0 Å². The van der Waals surface area contributed by atoms with Crippen molar-refractivity contribution in [3.63, 3.8) is 0 Å². The van der Waals surface area contributed by atoms with Crippen molar-refractivity contribution in [1.82, 2.24) is 5.32 Å². The standard InChI is InChI=1S/C22H29N3O2S2/c1-15(26)21(10-11-29-2)25-22(27)19-9-8-18(24-13-17(23)14-28)12-20(19)16-6-4-3-5-7-16/h3-9,12,17,21,24,28H,10-11,13-14,23H2,1-2H3,(H,25,27)/t17-,21+/m1/s1. The molecule has 1 amide bonds. The van der Waals surface area contributed by atoms with Crippen LogP contribution in [-0.2, 0) is 4.79 Å². The number of benzene rings is 2. The number of thiol groups is 1. The first-order valence-electron chi connectivity index (χ1n) is 9.56. The van der Waals surface area contributed by atoms with Crippen LogP contribution >= 0.6 is 24.4 Å². The van der Waals surface area contributed by atoms with Crippen LogP contribution in [0.1, 0.15) is 23.7 Å². The first-order chi connectivity index (χ1) is 14.0. The summed E-state index contributed by atoms with van der Waals surface area (Å²) in [5, 5.41) is 6.20.